The number of rotatable bonds is 8. The van der Waals surface area contributed by atoms with E-state index < -0.39 is 10.0 Å². The van der Waals surface area contributed by atoms with Crippen molar-refractivity contribution in [2.45, 2.75) is 48.9 Å². The maximum Gasteiger partial charge on any atom is 0.245 e. The molecule has 5 nitrogen and oxygen atoms in total. The van der Waals surface area contributed by atoms with Crippen molar-refractivity contribution < 1.29 is 12.8 Å². The molecule has 1 heterocycles. The molecular weight excluding hydrogens is 376 g/mol. The van der Waals surface area contributed by atoms with Crippen molar-refractivity contribution in [3.8, 4) is 0 Å². The minimum atomic E-state index is -3.54. The first-order valence-electron chi connectivity index (χ1n) is 6.84. The normalized spacial score (nSPS) is 17.4. The molecule has 120 valence electrons. The molecule has 0 spiro atoms. The highest BCUT2D eigenvalue weighted by Gasteiger charge is 2.42. The zero-order valence-electron chi connectivity index (χ0n) is 12.4. The van der Waals surface area contributed by atoms with Gasteiger partial charge < -0.3 is 9.73 Å². The van der Waals surface area contributed by atoms with Crippen LogP contribution >= 0.6 is 27.7 Å². The van der Waals surface area contributed by atoms with E-state index in [0.29, 0.717) is 24.9 Å². The van der Waals surface area contributed by atoms with Crippen molar-refractivity contribution in [2.75, 3.05) is 12.8 Å². The van der Waals surface area contributed by atoms with Crippen LogP contribution in [0.3, 0.4) is 0 Å². The highest BCUT2D eigenvalue weighted by molar-refractivity contribution is 9.10. The average molecular weight is 397 g/mol. The van der Waals surface area contributed by atoms with E-state index in [1.807, 2.05) is 20.1 Å². The van der Waals surface area contributed by atoms with Gasteiger partial charge in [0.15, 0.2) is 4.67 Å². The second-order valence-electron chi connectivity index (χ2n) is 5.60. The van der Waals surface area contributed by atoms with E-state index in [2.05, 4.69) is 26.0 Å². The summed E-state index contributed by atoms with van der Waals surface area (Å²) in [6.45, 7) is 5.01. The summed E-state index contributed by atoms with van der Waals surface area (Å²) in [5.41, 5.74) is 0. The second kappa shape index (κ2) is 6.62. The van der Waals surface area contributed by atoms with Crippen LogP contribution in [0, 0.1) is 0 Å². The van der Waals surface area contributed by atoms with E-state index in [1.54, 1.807) is 17.8 Å². The first-order chi connectivity index (χ1) is 9.78. The van der Waals surface area contributed by atoms with Crippen molar-refractivity contribution in [3.05, 3.63) is 16.5 Å². The molecule has 0 aliphatic heterocycles. The van der Waals surface area contributed by atoms with E-state index in [4.69, 9.17) is 4.42 Å². The van der Waals surface area contributed by atoms with Gasteiger partial charge in [0.05, 0.1) is 6.54 Å². The topological polar surface area (TPSA) is 71.3 Å². The Morgan fingerprint density at radius 1 is 1.48 bits per heavy atom. The van der Waals surface area contributed by atoms with Crippen molar-refractivity contribution >= 4 is 37.7 Å². The fourth-order valence-corrected chi connectivity index (χ4v) is 4.81. The average Bonchev–Trinajstić information content (AvgIpc) is 3.10. The summed E-state index contributed by atoms with van der Waals surface area (Å²) in [6, 6.07) is 1.88. The van der Waals surface area contributed by atoms with Crippen molar-refractivity contribution in [3.63, 3.8) is 0 Å². The summed E-state index contributed by atoms with van der Waals surface area (Å²) in [5, 5.41) is 3.20. The van der Waals surface area contributed by atoms with Gasteiger partial charge in [0.1, 0.15) is 10.7 Å². The minimum Gasteiger partial charge on any atom is -0.452 e. The van der Waals surface area contributed by atoms with Gasteiger partial charge in [-0.3, -0.25) is 0 Å². The minimum absolute atomic E-state index is 0.0886. The number of thioether (sulfide) groups is 1. The van der Waals surface area contributed by atoms with Gasteiger partial charge >= 0.3 is 0 Å². The number of nitrogens with one attached hydrogen (secondary N) is 2. The van der Waals surface area contributed by atoms with Crippen LogP contribution in [0.2, 0.25) is 0 Å². The molecule has 1 aromatic heterocycles. The van der Waals surface area contributed by atoms with Gasteiger partial charge in [-0.05, 0) is 35.0 Å². The highest BCUT2D eigenvalue weighted by Crippen LogP contribution is 2.46. The lowest BCUT2D eigenvalue weighted by Crippen LogP contribution is -2.31. The number of halogens is 1. The van der Waals surface area contributed by atoms with Gasteiger partial charge in [-0.1, -0.05) is 13.8 Å². The standard InChI is InChI=1S/C13H21BrN2O3S2/c1-9(2)15-7-10-6-11(12(14)19-10)21(17,18)16-8-13(20-3)4-5-13/h6,9,15-16H,4-5,7-8H2,1-3H3. The fourth-order valence-electron chi connectivity index (χ4n) is 1.87. The number of hydrogen-bond acceptors (Lipinski definition) is 5. The number of sulfonamides is 1. The molecule has 1 aromatic rings. The summed E-state index contributed by atoms with van der Waals surface area (Å²) in [5.74, 6) is 0.599. The van der Waals surface area contributed by atoms with Gasteiger partial charge in [-0.25, -0.2) is 13.1 Å². The van der Waals surface area contributed by atoms with E-state index >= 15 is 0 Å². The lowest BCUT2D eigenvalue weighted by atomic mass is 10.3. The Labute approximate surface area is 138 Å². The summed E-state index contributed by atoms with van der Waals surface area (Å²) >= 11 is 4.92. The van der Waals surface area contributed by atoms with Crippen LogP contribution in [-0.2, 0) is 16.6 Å². The molecular formula is C13H21BrN2O3S2. The second-order valence-corrected chi connectivity index (χ2v) is 9.33. The van der Waals surface area contributed by atoms with Crippen molar-refractivity contribution in [2.24, 2.45) is 0 Å². The van der Waals surface area contributed by atoms with Crippen LogP contribution in [0.1, 0.15) is 32.4 Å². The first-order valence-corrected chi connectivity index (χ1v) is 10.3. The lowest BCUT2D eigenvalue weighted by Gasteiger charge is -2.12. The molecule has 1 fully saturated rings. The molecule has 0 aromatic carbocycles. The Hall–Kier alpha value is -0.0200. The maximum atomic E-state index is 12.4. The third kappa shape index (κ3) is 4.48. The van der Waals surface area contributed by atoms with Crippen LogP contribution in [-0.4, -0.2) is 32.0 Å². The molecule has 0 bridgehead atoms. The Balaban J connectivity index is 2.05. The molecule has 2 rings (SSSR count). The molecule has 21 heavy (non-hydrogen) atoms. The quantitative estimate of drug-likeness (QED) is 0.706. The first kappa shape index (κ1) is 17.3. The Bertz CT molecular complexity index is 595. The van der Waals surface area contributed by atoms with Crippen LogP contribution in [0.25, 0.3) is 0 Å². The molecule has 0 radical (unpaired) electrons. The highest BCUT2D eigenvalue weighted by atomic mass is 79.9. The van der Waals surface area contributed by atoms with E-state index in [9.17, 15) is 8.42 Å². The van der Waals surface area contributed by atoms with Crippen LogP contribution in [0.15, 0.2) is 20.0 Å². The zero-order chi connectivity index (χ0) is 15.7. The van der Waals surface area contributed by atoms with Crippen LogP contribution < -0.4 is 10.0 Å². The third-order valence-corrected chi connectivity index (χ3v) is 7.18. The molecule has 8 heteroatoms. The van der Waals surface area contributed by atoms with E-state index in [1.165, 1.54) is 0 Å². The Morgan fingerprint density at radius 3 is 2.67 bits per heavy atom. The van der Waals surface area contributed by atoms with Gasteiger partial charge in [0.25, 0.3) is 0 Å². The fraction of sp³-hybridized carbons (Fsp3) is 0.692. The van der Waals surface area contributed by atoms with Crippen LogP contribution in [0.4, 0.5) is 0 Å². The largest absolute Gasteiger partial charge is 0.452 e. The molecule has 0 saturated heterocycles. The molecule has 1 aliphatic carbocycles. The SMILES string of the molecule is CSC1(CNS(=O)(=O)c2cc(CNC(C)C)oc2Br)CC1. The predicted molar refractivity (Wildman–Crippen MR) is 89.1 cm³/mol. The molecule has 0 atom stereocenters. The summed E-state index contributed by atoms with van der Waals surface area (Å²) < 4.78 is 33.2. The number of hydrogen-bond donors (Lipinski definition) is 2. The lowest BCUT2D eigenvalue weighted by molar-refractivity contribution is 0.447. The number of furan rings is 1. The summed E-state index contributed by atoms with van der Waals surface area (Å²) in [7, 11) is -3.54. The predicted octanol–water partition coefficient (Wildman–Crippen LogP) is 2.71. The molecule has 1 aliphatic rings. The molecule has 2 N–H and O–H groups in total. The van der Waals surface area contributed by atoms with Gasteiger partial charge in [-0.15, -0.1) is 0 Å². The molecule has 0 amide bonds. The van der Waals surface area contributed by atoms with Gasteiger partial charge in [0.2, 0.25) is 10.0 Å². The van der Waals surface area contributed by atoms with E-state index in [-0.39, 0.29) is 14.3 Å². The monoisotopic (exact) mass is 396 g/mol. The molecule has 1 saturated carbocycles. The maximum absolute atomic E-state index is 12.4. The van der Waals surface area contributed by atoms with E-state index in [0.717, 1.165) is 12.8 Å². The van der Waals surface area contributed by atoms with Gasteiger partial charge in [0, 0.05) is 23.4 Å². The Morgan fingerprint density at radius 2 is 2.14 bits per heavy atom. The Kier molecular flexibility index (Phi) is 5.46. The summed E-state index contributed by atoms with van der Waals surface area (Å²) in [4.78, 5) is 0.167. The van der Waals surface area contributed by atoms with Crippen molar-refractivity contribution in [1.82, 2.24) is 10.0 Å². The van der Waals surface area contributed by atoms with Gasteiger partial charge in [-0.2, -0.15) is 11.8 Å². The summed E-state index contributed by atoms with van der Waals surface area (Å²) in [6.07, 6.45) is 4.14. The smallest absolute Gasteiger partial charge is 0.245 e. The van der Waals surface area contributed by atoms with Crippen LogP contribution in [0.5, 0.6) is 0 Å². The van der Waals surface area contributed by atoms with Crippen molar-refractivity contribution in [1.29, 1.82) is 0 Å². The molecule has 0 unspecified atom stereocenters. The zero-order valence-corrected chi connectivity index (χ0v) is 15.6. The third-order valence-electron chi connectivity index (χ3n) is 3.51.